The van der Waals surface area contributed by atoms with Gasteiger partial charge in [0.1, 0.15) is 15.6 Å². The molecule has 0 aliphatic rings. The molecule has 2 N–H and O–H groups in total. The molecule has 0 aliphatic heterocycles. The molecule has 7 heteroatoms. The maximum absolute atomic E-state index is 11.2. The van der Waals surface area contributed by atoms with E-state index in [1.807, 2.05) is 31.2 Å². The zero-order valence-electron chi connectivity index (χ0n) is 15.7. The standard InChI is InChI=1S/C18H31N3O3S/c1-5-6-11-24-17-9-7-8-16(13-17)14-20-18(19-3)21-15(2)10-12-25(4,22)23/h7-9,13,15H,5-6,10-12,14H2,1-4H3,(H2,19,20,21). The summed E-state index contributed by atoms with van der Waals surface area (Å²) in [5.41, 5.74) is 1.10. The summed E-state index contributed by atoms with van der Waals surface area (Å²) < 4.78 is 28.2. The van der Waals surface area contributed by atoms with Gasteiger partial charge in [-0.3, -0.25) is 4.99 Å². The van der Waals surface area contributed by atoms with Gasteiger partial charge < -0.3 is 15.4 Å². The number of benzene rings is 1. The van der Waals surface area contributed by atoms with Crippen molar-refractivity contribution in [2.24, 2.45) is 4.99 Å². The number of sulfone groups is 1. The first-order valence-corrected chi connectivity index (χ1v) is 10.8. The molecule has 0 aliphatic carbocycles. The van der Waals surface area contributed by atoms with E-state index in [1.165, 1.54) is 6.26 Å². The van der Waals surface area contributed by atoms with Crippen LogP contribution in [0.25, 0.3) is 0 Å². The van der Waals surface area contributed by atoms with Gasteiger partial charge in [-0.1, -0.05) is 25.5 Å². The van der Waals surface area contributed by atoms with E-state index in [9.17, 15) is 8.42 Å². The van der Waals surface area contributed by atoms with Crippen LogP contribution in [0.15, 0.2) is 29.3 Å². The van der Waals surface area contributed by atoms with Crippen LogP contribution in [-0.4, -0.2) is 46.1 Å². The number of guanidine groups is 1. The van der Waals surface area contributed by atoms with Gasteiger partial charge in [0.05, 0.1) is 12.4 Å². The number of ether oxygens (including phenoxy) is 1. The monoisotopic (exact) mass is 369 g/mol. The largest absolute Gasteiger partial charge is 0.494 e. The fraction of sp³-hybridized carbons (Fsp3) is 0.611. The van der Waals surface area contributed by atoms with E-state index in [4.69, 9.17) is 4.74 Å². The average Bonchev–Trinajstić information content (AvgIpc) is 2.57. The first-order valence-electron chi connectivity index (χ1n) is 8.70. The minimum Gasteiger partial charge on any atom is -0.494 e. The molecule has 1 aromatic rings. The van der Waals surface area contributed by atoms with Gasteiger partial charge in [0.15, 0.2) is 5.96 Å². The van der Waals surface area contributed by atoms with Gasteiger partial charge in [0.25, 0.3) is 0 Å². The Bertz CT molecular complexity index is 645. The summed E-state index contributed by atoms with van der Waals surface area (Å²) in [4.78, 5) is 4.18. The molecular formula is C18H31N3O3S. The highest BCUT2D eigenvalue weighted by Gasteiger charge is 2.09. The molecule has 0 bridgehead atoms. The third kappa shape index (κ3) is 9.96. The van der Waals surface area contributed by atoms with Gasteiger partial charge in [-0.15, -0.1) is 0 Å². The van der Waals surface area contributed by atoms with Crippen molar-refractivity contribution < 1.29 is 13.2 Å². The van der Waals surface area contributed by atoms with Crippen LogP contribution in [0.5, 0.6) is 5.75 Å². The Balaban J connectivity index is 2.47. The maximum atomic E-state index is 11.2. The van der Waals surface area contributed by atoms with Crippen molar-refractivity contribution in [3.05, 3.63) is 29.8 Å². The van der Waals surface area contributed by atoms with Crippen LogP contribution in [0.3, 0.4) is 0 Å². The second kappa shape index (κ2) is 11.0. The molecule has 6 nitrogen and oxygen atoms in total. The highest BCUT2D eigenvalue weighted by atomic mass is 32.2. The Hall–Kier alpha value is -1.76. The van der Waals surface area contributed by atoms with E-state index in [0.29, 0.717) is 18.9 Å². The summed E-state index contributed by atoms with van der Waals surface area (Å²) >= 11 is 0. The second-order valence-electron chi connectivity index (χ2n) is 6.24. The summed E-state index contributed by atoms with van der Waals surface area (Å²) in [5.74, 6) is 1.69. The topological polar surface area (TPSA) is 79.8 Å². The Labute approximate surface area is 152 Å². The lowest BCUT2D eigenvalue weighted by Crippen LogP contribution is -2.42. The first kappa shape index (κ1) is 21.3. The number of rotatable bonds is 10. The van der Waals surface area contributed by atoms with Gasteiger partial charge >= 0.3 is 0 Å². The average molecular weight is 370 g/mol. The highest BCUT2D eigenvalue weighted by Crippen LogP contribution is 2.13. The minimum absolute atomic E-state index is 0.0182. The summed E-state index contributed by atoms with van der Waals surface area (Å²) in [5, 5.41) is 6.45. The molecule has 0 aromatic heterocycles. The van der Waals surface area contributed by atoms with Crippen LogP contribution in [0.1, 0.15) is 38.7 Å². The lowest BCUT2D eigenvalue weighted by Gasteiger charge is -2.18. The Morgan fingerprint density at radius 2 is 2.12 bits per heavy atom. The Kier molecular flexibility index (Phi) is 9.34. The zero-order valence-corrected chi connectivity index (χ0v) is 16.5. The highest BCUT2D eigenvalue weighted by molar-refractivity contribution is 7.90. The van der Waals surface area contributed by atoms with E-state index in [1.54, 1.807) is 7.05 Å². The van der Waals surface area contributed by atoms with Gasteiger partial charge in [-0.05, 0) is 37.5 Å². The van der Waals surface area contributed by atoms with E-state index in [2.05, 4.69) is 22.5 Å². The SMILES string of the molecule is CCCCOc1cccc(CNC(=NC)NC(C)CCS(C)(=O)=O)c1. The van der Waals surface area contributed by atoms with Crippen LogP contribution >= 0.6 is 0 Å². The normalized spacial score (nSPS) is 13.4. The molecule has 0 heterocycles. The number of hydrogen-bond donors (Lipinski definition) is 2. The maximum Gasteiger partial charge on any atom is 0.191 e. The molecular weight excluding hydrogens is 338 g/mol. The Morgan fingerprint density at radius 1 is 1.36 bits per heavy atom. The molecule has 142 valence electrons. The van der Waals surface area contributed by atoms with Crippen molar-refractivity contribution in [3.63, 3.8) is 0 Å². The predicted molar refractivity (Wildman–Crippen MR) is 104 cm³/mol. The van der Waals surface area contributed by atoms with E-state index in [0.717, 1.165) is 30.8 Å². The first-order chi connectivity index (χ1) is 11.8. The fourth-order valence-electron chi connectivity index (χ4n) is 2.16. The second-order valence-corrected chi connectivity index (χ2v) is 8.50. The number of nitrogens with one attached hydrogen (secondary N) is 2. The van der Waals surface area contributed by atoms with Crippen LogP contribution < -0.4 is 15.4 Å². The lowest BCUT2D eigenvalue weighted by molar-refractivity contribution is 0.309. The summed E-state index contributed by atoms with van der Waals surface area (Å²) in [6.45, 7) is 5.43. The quantitative estimate of drug-likeness (QED) is 0.376. The van der Waals surface area contributed by atoms with Gasteiger partial charge in [-0.25, -0.2) is 8.42 Å². The molecule has 0 fully saturated rings. The molecule has 25 heavy (non-hydrogen) atoms. The minimum atomic E-state index is -2.95. The van der Waals surface area contributed by atoms with Crippen LogP contribution in [-0.2, 0) is 16.4 Å². The zero-order chi connectivity index (χ0) is 18.7. The summed E-state index contributed by atoms with van der Waals surface area (Å²) in [6.07, 6.45) is 3.95. The van der Waals surface area contributed by atoms with Crippen molar-refractivity contribution in [2.75, 3.05) is 25.7 Å². The van der Waals surface area contributed by atoms with Crippen molar-refractivity contribution in [1.29, 1.82) is 0 Å². The van der Waals surface area contributed by atoms with Crippen LogP contribution in [0, 0.1) is 0 Å². The van der Waals surface area contributed by atoms with E-state index >= 15 is 0 Å². The molecule has 1 unspecified atom stereocenters. The number of hydrogen-bond acceptors (Lipinski definition) is 4. The predicted octanol–water partition coefficient (Wildman–Crippen LogP) is 2.35. The molecule has 1 atom stereocenters. The Morgan fingerprint density at radius 3 is 2.76 bits per heavy atom. The molecule has 0 saturated carbocycles. The fourth-order valence-corrected chi connectivity index (χ4v) is 2.94. The smallest absolute Gasteiger partial charge is 0.191 e. The van der Waals surface area contributed by atoms with E-state index < -0.39 is 9.84 Å². The summed E-state index contributed by atoms with van der Waals surface area (Å²) in [7, 11) is -1.25. The molecule has 0 amide bonds. The lowest BCUT2D eigenvalue weighted by atomic mass is 10.2. The molecule has 1 aromatic carbocycles. The van der Waals surface area contributed by atoms with Crippen LogP contribution in [0.2, 0.25) is 0 Å². The molecule has 1 rings (SSSR count). The van der Waals surface area contributed by atoms with Gasteiger partial charge in [0.2, 0.25) is 0 Å². The van der Waals surface area contributed by atoms with E-state index in [-0.39, 0.29) is 11.8 Å². The number of unbranched alkanes of at least 4 members (excludes halogenated alkanes) is 1. The third-order valence-electron chi connectivity index (χ3n) is 3.65. The van der Waals surface area contributed by atoms with Crippen molar-refractivity contribution in [3.8, 4) is 5.75 Å². The number of nitrogens with zero attached hydrogens (tertiary/aromatic N) is 1. The van der Waals surface area contributed by atoms with Gasteiger partial charge in [0, 0.05) is 25.9 Å². The van der Waals surface area contributed by atoms with Crippen molar-refractivity contribution >= 4 is 15.8 Å². The number of aliphatic imine (C=N–C) groups is 1. The molecule has 0 radical (unpaired) electrons. The van der Waals surface area contributed by atoms with Crippen molar-refractivity contribution in [2.45, 2.75) is 45.7 Å². The molecule has 0 spiro atoms. The van der Waals surface area contributed by atoms with Crippen LogP contribution in [0.4, 0.5) is 0 Å². The third-order valence-corrected chi connectivity index (χ3v) is 4.63. The molecule has 0 saturated heterocycles. The summed E-state index contributed by atoms with van der Waals surface area (Å²) in [6, 6.07) is 8.00. The van der Waals surface area contributed by atoms with Crippen molar-refractivity contribution in [1.82, 2.24) is 10.6 Å². The van der Waals surface area contributed by atoms with Gasteiger partial charge in [-0.2, -0.15) is 0 Å².